The minimum Gasteiger partial charge on any atom is -0.380 e. The number of nitrogens with one attached hydrogen (secondary N) is 1. The summed E-state index contributed by atoms with van der Waals surface area (Å²) in [5.74, 6) is 0. The third-order valence-electron chi connectivity index (χ3n) is 3.89. The van der Waals surface area contributed by atoms with Crippen molar-refractivity contribution in [2.75, 3.05) is 26.3 Å². The lowest BCUT2D eigenvalue weighted by atomic mass is 9.53. The van der Waals surface area contributed by atoms with Crippen LogP contribution in [0.1, 0.15) is 12.8 Å². The summed E-state index contributed by atoms with van der Waals surface area (Å²) < 4.78 is 5.54. The minimum absolute atomic E-state index is 0. The molecule has 2 nitrogen and oxygen atoms in total. The number of hydrogen-bond donors (Lipinski definition) is 1. The molecule has 1 saturated carbocycles. The lowest BCUT2D eigenvalue weighted by Gasteiger charge is -2.48. The van der Waals surface area contributed by atoms with Crippen LogP contribution in [0.4, 0.5) is 0 Å². The Hall–Kier alpha value is 0.210. The van der Waals surface area contributed by atoms with Gasteiger partial charge in [0.25, 0.3) is 0 Å². The Bertz CT molecular complexity index is 155. The molecule has 2 heterocycles. The molecular weight excluding hydrogens is 162 g/mol. The second kappa shape index (κ2) is 2.12. The van der Waals surface area contributed by atoms with Crippen LogP contribution in [0.15, 0.2) is 0 Å². The fourth-order valence-corrected chi connectivity index (χ4v) is 2.92. The van der Waals surface area contributed by atoms with E-state index in [1.165, 1.54) is 25.9 Å². The van der Waals surface area contributed by atoms with Crippen molar-refractivity contribution in [3.63, 3.8) is 0 Å². The van der Waals surface area contributed by atoms with Crippen molar-refractivity contribution in [2.24, 2.45) is 10.8 Å². The summed E-state index contributed by atoms with van der Waals surface area (Å²) in [6.07, 6.45) is 2.81. The van der Waals surface area contributed by atoms with Crippen LogP contribution in [0.3, 0.4) is 0 Å². The molecule has 1 N–H and O–H groups in total. The van der Waals surface area contributed by atoms with Crippen LogP contribution in [0.2, 0.25) is 0 Å². The summed E-state index contributed by atoms with van der Waals surface area (Å²) >= 11 is 0. The maximum absolute atomic E-state index is 5.54. The van der Waals surface area contributed by atoms with Crippen molar-refractivity contribution in [2.45, 2.75) is 12.8 Å². The van der Waals surface area contributed by atoms with Crippen molar-refractivity contribution >= 4 is 12.4 Å². The van der Waals surface area contributed by atoms with Crippen LogP contribution in [-0.4, -0.2) is 26.3 Å². The first kappa shape index (κ1) is 7.84. The zero-order valence-corrected chi connectivity index (χ0v) is 7.38. The van der Waals surface area contributed by atoms with Gasteiger partial charge in [-0.3, -0.25) is 0 Å². The Balaban J connectivity index is 0.000000480. The smallest absolute Gasteiger partial charge is 0.0541 e. The second-order valence-electron chi connectivity index (χ2n) is 4.16. The molecule has 2 atom stereocenters. The highest BCUT2D eigenvalue weighted by Gasteiger charge is 2.64. The molecule has 0 aromatic rings. The molecule has 3 fully saturated rings. The molecule has 0 aromatic heterocycles. The van der Waals surface area contributed by atoms with E-state index in [4.69, 9.17) is 4.74 Å². The van der Waals surface area contributed by atoms with Crippen LogP contribution < -0.4 is 5.32 Å². The molecule has 0 spiro atoms. The second-order valence-corrected chi connectivity index (χ2v) is 4.16. The van der Waals surface area contributed by atoms with Crippen LogP contribution in [0.25, 0.3) is 0 Å². The SMILES string of the molecule is C1CC23CNCC12COC3.Cl. The molecule has 0 aromatic carbocycles. The number of halogens is 1. The highest BCUT2D eigenvalue weighted by molar-refractivity contribution is 5.85. The molecule has 2 aliphatic heterocycles. The monoisotopic (exact) mass is 175 g/mol. The topological polar surface area (TPSA) is 21.3 Å². The lowest BCUT2D eigenvalue weighted by molar-refractivity contribution is 0.0255. The predicted octanol–water partition coefficient (Wildman–Crippen LogP) is 0.808. The summed E-state index contributed by atoms with van der Waals surface area (Å²) in [6, 6.07) is 0. The van der Waals surface area contributed by atoms with Gasteiger partial charge in [-0.05, 0) is 12.8 Å². The van der Waals surface area contributed by atoms with Gasteiger partial charge in [0.1, 0.15) is 0 Å². The predicted molar refractivity (Wildman–Crippen MR) is 45.0 cm³/mol. The van der Waals surface area contributed by atoms with Crippen molar-refractivity contribution in [3.8, 4) is 0 Å². The van der Waals surface area contributed by atoms with Gasteiger partial charge in [0.05, 0.1) is 13.2 Å². The Kier molecular flexibility index (Phi) is 1.51. The lowest BCUT2D eigenvalue weighted by Crippen LogP contribution is -2.49. The van der Waals surface area contributed by atoms with Crippen LogP contribution in [0, 0.1) is 10.8 Å². The maximum atomic E-state index is 5.54. The van der Waals surface area contributed by atoms with Crippen LogP contribution in [0.5, 0.6) is 0 Å². The maximum Gasteiger partial charge on any atom is 0.0541 e. The van der Waals surface area contributed by atoms with Gasteiger partial charge >= 0.3 is 0 Å². The van der Waals surface area contributed by atoms with Crippen LogP contribution in [-0.2, 0) is 4.74 Å². The first-order chi connectivity index (χ1) is 4.87. The van der Waals surface area contributed by atoms with E-state index in [1.54, 1.807) is 0 Å². The van der Waals surface area contributed by atoms with Crippen molar-refractivity contribution in [1.29, 1.82) is 0 Å². The fraction of sp³-hybridized carbons (Fsp3) is 1.00. The van der Waals surface area contributed by atoms with Gasteiger partial charge < -0.3 is 10.1 Å². The van der Waals surface area contributed by atoms with E-state index < -0.39 is 0 Å². The average Bonchev–Trinajstić information content (AvgIpc) is 2.16. The van der Waals surface area contributed by atoms with Crippen molar-refractivity contribution in [3.05, 3.63) is 0 Å². The highest BCUT2D eigenvalue weighted by atomic mass is 35.5. The largest absolute Gasteiger partial charge is 0.380 e. The fourth-order valence-electron chi connectivity index (χ4n) is 2.92. The average molecular weight is 176 g/mol. The first-order valence-corrected chi connectivity index (χ1v) is 4.16. The molecule has 11 heavy (non-hydrogen) atoms. The summed E-state index contributed by atoms with van der Waals surface area (Å²) in [4.78, 5) is 0. The van der Waals surface area contributed by atoms with Gasteiger partial charge in [-0.1, -0.05) is 0 Å². The van der Waals surface area contributed by atoms with E-state index in [0.29, 0.717) is 10.8 Å². The minimum atomic E-state index is 0. The number of rotatable bonds is 0. The molecular formula is C8H14ClNO. The quantitative estimate of drug-likeness (QED) is 0.589. The Morgan fingerprint density at radius 1 is 1.00 bits per heavy atom. The third kappa shape index (κ3) is 0.663. The molecule has 3 aliphatic rings. The Morgan fingerprint density at radius 3 is 2.00 bits per heavy atom. The molecule has 2 saturated heterocycles. The molecule has 3 heteroatoms. The van der Waals surface area contributed by atoms with Gasteiger partial charge in [0, 0.05) is 23.9 Å². The van der Waals surface area contributed by atoms with Crippen molar-refractivity contribution in [1.82, 2.24) is 5.32 Å². The zero-order chi connectivity index (χ0) is 6.66. The number of hydrogen-bond acceptors (Lipinski definition) is 2. The third-order valence-corrected chi connectivity index (χ3v) is 3.89. The Morgan fingerprint density at radius 2 is 1.55 bits per heavy atom. The molecule has 2 unspecified atom stereocenters. The van der Waals surface area contributed by atoms with Gasteiger partial charge in [-0.15, -0.1) is 12.4 Å². The van der Waals surface area contributed by atoms with E-state index in [0.717, 1.165) is 13.2 Å². The van der Waals surface area contributed by atoms with Gasteiger partial charge in [0.2, 0.25) is 0 Å². The molecule has 64 valence electrons. The zero-order valence-electron chi connectivity index (χ0n) is 6.56. The van der Waals surface area contributed by atoms with E-state index in [-0.39, 0.29) is 12.4 Å². The summed E-state index contributed by atoms with van der Waals surface area (Å²) in [5, 5.41) is 3.49. The summed E-state index contributed by atoms with van der Waals surface area (Å²) in [7, 11) is 0. The summed E-state index contributed by atoms with van der Waals surface area (Å²) in [6.45, 7) is 4.49. The van der Waals surface area contributed by atoms with Crippen LogP contribution >= 0.6 is 12.4 Å². The van der Waals surface area contributed by atoms with E-state index in [1.807, 2.05) is 0 Å². The standard InChI is InChI=1S/C8H13NO.ClH/c1-2-8-4-9-3-7(1,8)5-10-6-8;/h9H,1-6H2;1H. The van der Waals surface area contributed by atoms with E-state index in [2.05, 4.69) is 5.32 Å². The van der Waals surface area contributed by atoms with Gasteiger partial charge in [-0.2, -0.15) is 0 Å². The van der Waals surface area contributed by atoms with Gasteiger partial charge in [-0.25, -0.2) is 0 Å². The van der Waals surface area contributed by atoms with E-state index in [9.17, 15) is 0 Å². The molecule has 0 bridgehead atoms. The molecule has 0 radical (unpaired) electrons. The first-order valence-electron chi connectivity index (χ1n) is 4.16. The number of ether oxygens (including phenoxy) is 1. The molecule has 3 rings (SSSR count). The van der Waals surface area contributed by atoms with Gasteiger partial charge in [0.15, 0.2) is 0 Å². The Labute approximate surface area is 73.1 Å². The summed E-state index contributed by atoms with van der Waals surface area (Å²) in [5.41, 5.74) is 1.18. The molecule has 1 aliphatic carbocycles. The normalized spacial score (nSPS) is 52.4. The molecule has 0 amide bonds. The van der Waals surface area contributed by atoms with E-state index >= 15 is 0 Å². The van der Waals surface area contributed by atoms with Crippen molar-refractivity contribution < 1.29 is 4.74 Å². The highest BCUT2D eigenvalue weighted by Crippen LogP contribution is 2.62.